The average Bonchev–Trinajstić information content (AvgIpc) is 2.65. The minimum atomic E-state index is -0.399. The fourth-order valence-electron chi connectivity index (χ4n) is 2.70. The quantitative estimate of drug-likeness (QED) is 0.684. The number of halogens is 1. The van der Waals surface area contributed by atoms with Crippen LogP contribution in [0.15, 0.2) is 41.5 Å². The maximum atomic E-state index is 12.5. The number of H-pyrrole nitrogens is 1. The lowest BCUT2D eigenvalue weighted by Gasteiger charge is -2.18. The summed E-state index contributed by atoms with van der Waals surface area (Å²) in [4.78, 5) is 42.0. The van der Waals surface area contributed by atoms with Crippen molar-refractivity contribution < 1.29 is 4.79 Å². The Balaban J connectivity index is 1.84. The van der Waals surface area contributed by atoms with E-state index in [1.165, 1.54) is 0 Å². The molecule has 2 N–H and O–H groups in total. The van der Waals surface area contributed by atoms with Crippen LogP contribution in [0.4, 0.5) is 11.4 Å². The molecule has 0 aliphatic carbocycles. The van der Waals surface area contributed by atoms with Crippen molar-refractivity contribution in [3.63, 3.8) is 0 Å². The molecule has 1 aromatic carbocycles. The molecule has 9 heteroatoms. The lowest BCUT2D eigenvalue weighted by atomic mass is 10.1. The van der Waals surface area contributed by atoms with Crippen LogP contribution in [0.5, 0.6) is 0 Å². The summed E-state index contributed by atoms with van der Waals surface area (Å²) in [5, 5.41) is 3.32. The summed E-state index contributed by atoms with van der Waals surface area (Å²) in [5.41, 5.74) is 1.70. The highest BCUT2D eigenvalue weighted by Crippen LogP contribution is 2.27. The lowest BCUT2D eigenvalue weighted by Crippen LogP contribution is -2.24. The topological polar surface area (TPSA) is 104 Å². The first-order chi connectivity index (χ1) is 13.3. The fourth-order valence-corrected chi connectivity index (χ4v) is 2.87. The third-order valence-electron chi connectivity index (χ3n) is 4.05. The number of hydrogen-bond acceptors (Lipinski definition) is 6. The van der Waals surface area contributed by atoms with Crippen LogP contribution in [0.3, 0.4) is 0 Å². The molecule has 0 radical (unpaired) electrons. The zero-order valence-corrected chi connectivity index (χ0v) is 16.4. The van der Waals surface area contributed by atoms with E-state index in [4.69, 9.17) is 11.6 Å². The van der Waals surface area contributed by atoms with Crippen molar-refractivity contribution in [1.29, 1.82) is 0 Å². The van der Waals surface area contributed by atoms with Gasteiger partial charge in [0.05, 0.1) is 17.8 Å². The third-order valence-corrected chi connectivity index (χ3v) is 4.29. The van der Waals surface area contributed by atoms with E-state index in [0.29, 0.717) is 22.2 Å². The summed E-state index contributed by atoms with van der Waals surface area (Å²) in [6, 6.07) is 6.90. The number of benzene rings is 1. The molecule has 2 heterocycles. The second kappa shape index (κ2) is 8.18. The van der Waals surface area contributed by atoms with Crippen LogP contribution < -0.4 is 15.8 Å². The Bertz CT molecular complexity index is 1070. The van der Waals surface area contributed by atoms with Crippen LogP contribution in [-0.4, -0.2) is 39.9 Å². The van der Waals surface area contributed by atoms with Gasteiger partial charge in [-0.15, -0.1) is 0 Å². The molecule has 1 amide bonds. The van der Waals surface area contributed by atoms with E-state index in [0.717, 1.165) is 5.69 Å². The van der Waals surface area contributed by atoms with Crippen LogP contribution in [0.1, 0.15) is 11.3 Å². The van der Waals surface area contributed by atoms with Gasteiger partial charge in [-0.2, -0.15) is 0 Å². The van der Waals surface area contributed by atoms with Crippen LogP contribution in [0, 0.1) is 6.92 Å². The summed E-state index contributed by atoms with van der Waals surface area (Å²) in [5.74, 6) is 0.231. The van der Waals surface area contributed by atoms with E-state index in [1.807, 2.05) is 25.1 Å². The molecule has 2 aromatic heterocycles. The number of nitrogens with one attached hydrogen (secondary N) is 2. The molecular weight excluding hydrogens is 380 g/mol. The van der Waals surface area contributed by atoms with E-state index in [-0.39, 0.29) is 23.7 Å². The van der Waals surface area contributed by atoms with Gasteiger partial charge in [-0.05, 0) is 31.2 Å². The molecule has 0 bridgehead atoms. The molecule has 0 saturated heterocycles. The number of aromatic nitrogens is 4. The number of carbonyl (C=O) groups excluding carboxylic acids is 1. The van der Waals surface area contributed by atoms with Crippen molar-refractivity contribution in [3.8, 4) is 11.6 Å². The second-order valence-electron chi connectivity index (χ2n) is 6.33. The third kappa shape index (κ3) is 4.34. The molecule has 3 aromatic rings. The van der Waals surface area contributed by atoms with Crippen LogP contribution >= 0.6 is 11.6 Å². The fraction of sp³-hybridized carbons (Fsp3) is 0.211. The number of carbonyl (C=O) groups is 1. The van der Waals surface area contributed by atoms with Crippen molar-refractivity contribution in [2.24, 2.45) is 0 Å². The predicted molar refractivity (Wildman–Crippen MR) is 109 cm³/mol. The second-order valence-corrected chi connectivity index (χ2v) is 6.77. The summed E-state index contributed by atoms with van der Waals surface area (Å²) in [7, 11) is 3.73. The molecule has 0 unspecified atom stereocenters. The first-order valence-electron chi connectivity index (χ1n) is 8.49. The van der Waals surface area contributed by atoms with Gasteiger partial charge in [0.25, 0.3) is 5.56 Å². The zero-order valence-electron chi connectivity index (χ0n) is 15.7. The van der Waals surface area contributed by atoms with Gasteiger partial charge < -0.3 is 15.2 Å². The molecule has 0 saturated carbocycles. The van der Waals surface area contributed by atoms with E-state index >= 15 is 0 Å². The van der Waals surface area contributed by atoms with Crippen molar-refractivity contribution in [2.75, 3.05) is 24.3 Å². The number of amides is 1. The maximum Gasteiger partial charge on any atom is 0.255 e. The molecule has 0 spiro atoms. The largest absolute Gasteiger partial charge is 0.376 e. The Morgan fingerprint density at radius 1 is 1.25 bits per heavy atom. The van der Waals surface area contributed by atoms with Crippen LogP contribution in [0.25, 0.3) is 11.6 Å². The van der Waals surface area contributed by atoms with E-state index in [9.17, 15) is 9.59 Å². The Morgan fingerprint density at radius 2 is 1.96 bits per heavy atom. The normalized spacial score (nSPS) is 10.6. The summed E-state index contributed by atoms with van der Waals surface area (Å²) in [6.07, 6.45) is 3.00. The van der Waals surface area contributed by atoms with Gasteiger partial charge in [-0.25, -0.2) is 15.0 Å². The first kappa shape index (κ1) is 19.5. The highest BCUT2D eigenvalue weighted by molar-refractivity contribution is 6.31. The van der Waals surface area contributed by atoms with Crippen molar-refractivity contribution in [3.05, 3.63) is 63.3 Å². The Morgan fingerprint density at radius 3 is 2.61 bits per heavy atom. The molecule has 0 aliphatic heterocycles. The van der Waals surface area contributed by atoms with E-state index in [1.54, 1.807) is 37.5 Å². The monoisotopic (exact) mass is 398 g/mol. The molecule has 8 nitrogen and oxygen atoms in total. The van der Waals surface area contributed by atoms with Gasteiger partial charge in [0, 0.05) is 42.8 Å². The lowest BCUT2D eigenvalue weighted by molar-refractivity contribution is -0.115. The minimum absolute atomic E-state index is 0.122. The van der Waals surface area contributed by atoms with Gasteiger partial charge >= 0.3 is 0 Å². The average molecular weight is 399 g/mol. The summed E-state index contributed by atoms with van der Waals surface area (Å²) < 4.78 is 0. The number of hydrogen-bond donors (Lipinski definition) is 2. The Kier molecular flexibility index (Phi) is 5.70. The Labute approximate surface area is 166 Å². The number of aryl methyl sites for hydroxylation is 1. The molecule has 0 fully saturated rings. The number of rotatable bonds is 5. The predicted octanol–water partition coefficient (Wildman–Crippen LogP) is 2.44. The van der Waals surface area contributed by atoms with E-state index < -0.39 is 5.56 Å². The van der Waals surface area contributed by atoms with Gasteiger partial charge in [0.1, 0.15) is 0 Å². The molecule has 0 atom stereocenters. The molecule has 0 aliphatic rings. The van der Waals surface area contributed by atoms with Crippen LogP contribution in [-0.2, 0) is 11.2 Å². The molecule has 28 heavy (non-hydrogen) atoms. The van der Waals surface area contributed by atoms with Gasteiger partial charge in [0.15, 0.2) is 11.6 Å². The van der Waals surface area contributed by atoms with Crippen molar-refractivity contribution >= 4 is 28.9 Å². The van der Waals surface area contributed by atoms with Gasteiger partial charge in [0.2, 0.25) is 5.91 Å². The van der Waals surface area contributed by atoms with Gasteiger partial charge in [-0.1, -0.05) is 11.6 Å². The first-order valence-corrected chi connectivity index (χ1v) is 8.87. The molecule has 144 valence electrons. The maximum absolute atomic E-state index is 12.5. The smallest absolute Gasteiger partial charge is 0.255 e. The number of anilines is 2. The highest BCUT2D eigenvalue weighted by Gasteiger charge is 2.16. The summed E-state index contributed by atoms with van der Waals surface area (Å²) in [6.45, 7) is 1.68. The van der Waals surface area contributed by atoms with Gasteiger partial charge in [-0.3, -0.25) is 9.59 Å². The SMILES string of the molecule is Cc1nc(-c2ncccn2)[nH]c(=O)c1CC(=O)Nc1cc(Cl)ccc1N(C)C. The van der Waals surface area contributed by atoms with Crippen molar-refractivity contribution in [1.82, 2.24) is 19.9 Å². The van der Waals surface area contributed by atoms with Crippen molar-refractivity contribution in [2.45, 2.75) is 13.3 Å². The van der Waals surface area contributed by atoms with Crippen LogP contribution in [0.2, 0.25) is 5.02 Å². The molecule has 3 rings (SSSR count). The minimum Gasteiger partial charge on any atom is -0.376 e. The summed E-state index contributed by atoms with van der Waals surface area (Å²) >= 11 is 6.04. The molecular formula is C19H19ClN6O2. The highest BCUT2D eigenvalue weighted by atomic mass is 35.5. The Hall–Kier alpha value is -3.26. The van der Waals surface area contributed by atoms with E-state index in [2.05, 4.69) is 25.3 Å². The zero-order chi connectivity index (χ0) is 20.3. The number of aromatic amines is 1. The number of nitrogens with zero attached hydrogens (tertiary/aromatic N) is 4. The standard InChI is InChI=1S/C19H19ClN6O2/c1-11-13(19(28)25-18(23-11)17-21-7-4-8-22-17)10-16(27)24-14-9-12(20)5-6-15(14)26(2)3/h4-9H,10H2,1-3H3,(H,24,27)(H,23,25,28).